The van der Waals surface area contributed by atoms with Crippen molar-refractivity contribution in [1.82, 2.24) is 10.2 Å². The third kappa shape index (κ3) is 4.54. The van der Waals surface area contributed by atoms with Gasteiger partial charge in [0.2, 0.25) is 0 Å². The summed E-state index contributed by atoms with van der Waals surface area (Å²) in [6.07, 6.45) is 0.0429. The SMILES string of the molecule is CCOC(=O)C1=C(C)N(CCCC(=O)[O-])C(=O)N[C@H]1c1ccc(Cl)cc1. The summed E-state index contributed by atoms with van der Waals surface area (Å²) < 4.78 is 5.15. The number of carbonyl (C=O) groups excluding carboxylic acids is 3. The second-order valence-electron chi connectivity index (χ2n) is 5.78. The molecule has 0 aromatic heterocycles. The second-order valence-corrected chi connectivity index (χ2v) is 6.22. The standard InChI is InChI=1S/C18H21ClN2O5/c1-3-26-17(24)15-11(2)21(10-4-5-14(22)23)18(25)20-16(15)12-6-8-13(19)9-7-12/h6-9,16H,3-5,10H2,1-2H3,(H,20,25)(H,22,23)/p-1/t16-/m0/s1. The molecular formula is C18H20ClN2O5-. The summed E-state index contributed by atoms with van der Waals surface area (Å²) in [5.41, 5.74) is 1.44. The Morgan fingerprint density at radius 3 is 2.54 bits per heavy atom. The highest BCUT2D eigenvalue weighted by atomic mass is 35.5. The van der Waals surface area contributed by atoms with Crippen molar-refractivity contribution in [2.24, 2.45) is 0 Å². The minimum absolute atomic E-state index is 0.155. The van der Waals surface area contributed by atoms with Crippen molar-refractivity contribution < 1.29 is 24.2 Å². The summed E-state index contributed by atoms with van der Waals surface area (Å²) in [6.45, 7) is 3.69. The number of aliphatic carboxylic acids is 1. The lowest BCUT2D eigenvalue weighted by atomic mass is 9.95. The molecule has 0 fully saturated rings. The van der Waals surface area contributed by atoms with Crippen LogP contribution >= 0.6 is 11.6 Å². The van der Waals surface area contributed by atoms with E-state index >= 15 is 0 Å². The van der Waals surface area contributed by atoms with Gasteiger partial charge in [0, 0.05) is 23.2 Å². The van der Waals surface area contributed by atoms with Crippen LogP contribution in [0.25, 0.3) is 0 Å². The number of esters is 1. The zero-order valence-electron chi connectivity index (χ0n) is 14.6. The van der Waals surface area contributed by atoms with Crippen LogP contribution in [0, 0.1) is 0 Å². The van der Waals surface area contributed by atoms with Crippen molar-refractivity contribution in [2.45, 2.75) is 32.7 Å². The van der Waals surface area contributed by atoms with Crippen molar-refractivity contribution in [1.29, 1.82) is 0 Å². The molecule has 8 heteroatoms. The number of hydrogen-bond donors (Lipinski definition) is 1. The van der Waals surface area contributed by atoms with E-state index in [4.69, 9.17) is 16.3 Å². The Labute approximate surface area is 156 Å². The quantitative estimate of drug-likeness (QED) is 0.728. The highest BCUT2D eigenvalue weighted by molar-refractivity contribution is 6.30. The third-order valence-corrected chi connectivity index (χ3v) is 4.31. The van der Waals surface area contributed by atoms with Gasteiger partial charge in [-0.25, -0.2) is 9.59 Å². The molecule has 1 aromatic rings. The largest absolute Gasteiger partial charge is 0.550 e. The van der Waals surface area contributed by atoms with E-state index < -0.39 is 24.0 Å². The number of amides is 2. The van der Waals surface area contributed by atoms with E-state index in [1.165, 1.54) is 4.90 Å². The highest BCUT2D eigenvalue weighted by Crippen LogP contribution is 2.32. The van der Waals surface area contributed by atoms with E-state index in [0.29, 0.717) is 21.9 Å². The summed E-state index contributed by atoms with van der Waals surface area (Å²) in [5, 5.41) is 13.9. The van der Waals surface area contributed by atoms with Gasteiger partial charge >= 0.3 is 12.0 Å². The van der Waals surface area contributed by atoms with Crippen LogP contribution in [-0.4, -0.2) is 36.0 Å². The van der Waals surface area contributed by atoms with Gasteiger partial charge in [0.15, 0.2) is 0 Å². The molecule has 140 valence electrons. The van der Waals surface area contributed by atoms with Gasteiger partial charge in [0.25, 0.3) is 0 Å². The van der Waals surface area contributed by atoms with E-state index in [1.54, 1.807) is 38.1 Å². The zero-order valence-corrected chi connectivity index (χ0v) is 15.3. The Morgan fingerprint density at radius 1 is 1.31 bits per heavy atom. The van der Waals surface area contributed by atoms with Crippen LogP contribution < -0.4 is 10.4 Å². The molecule has 2 amide bonds. The first-order valence-corrected chi connectivity index (χ1v) is 8.64. The molecule has 0 saturated carbocycles. The molecule has 26 heavy (non-hydrogen) atoms. The maximum atomic E-state index is 12.5. The van der Waals surface area contributed by atoms with Crippen molar-refractivity contribution in [3.8, 4) is 0 Å². The fraction of sp³-hybridized carbons (Fsp3) is 0.389. The fourth-order valence-electron chi connectivity index (χ4n) is 2.81. The van der Waals surface area contributed by atoms with E-state index in [9.17, 15) is 19.5 Å². The predicted molar refractivity (Wildman–Crippen MR) is 93.0 cm³/mol. The molecule has 7 nitrogen and oxygen atoms in total. The first kappa shape index (κ1) is 19.8. The van der Waals surface area contributed by atoms with E-state index in [2.05, 4.69) is 5.32 Å². The number of rotatable bonds is 7. The first-order valence-electron chi connectivity index (χ1n) is 8.26. The number of carboxylic acid groups (broad SMARTS) is 1. The van der Waals surface area contributed by atoms with Gasteiger partial charge in [-0.15, -0.1) is 0 Å². The van der Waals surface area contributed by atoms with Crippen LogP contribution in [0.2, 0.25) is 5.02 Å². The number of carboxylic acids is 1. The summed E-state index contributed by atoms with van der Waals surface area (Å²) in [4.78, 5) is 36.9. The zero-order chi connectivity index (χ0) is 19.3. The van der Waals surface area contributed by atoms with Crippen molar-refractivity contribution in [3.05, 3.63) is 46.1 Å². The van der Waals surface area contributed by atoms with E-state index in [0.717, 1.165) is 0 Å². The molecule has 1 aromatic carbocycles. The number of halogens is 1. The van der Waals surface area contributed by atoms with Crippen molar-refractivity contribution in [3.63, 3.8) is 0 Å². The topological polar surface area (TPSA) is 98.8 Å². The van der Waals surface area contributed by atoms with E-state index in [-0.39, 0.29) is 26.0 Å². The normalized spacial score (nSPS) is 17.1. The lowest BCUT2D eigenvalue weighted by Crippen LogP contribution is -2.48. The lowest BCUT2D eigenvalue weighted by molar-refractivity contribution is -0.305. The molecule has 0 bridgehead atoms. The molecule has 0 spiro atoms. The Morgan fingerprint density at radius 2 is 1.96 bits per heavy atom. The lowest BCUT2D eigenvalue weighted by Gasteiger charge is -2.35. The number of ether oxygens (including phenoxy) is 1. The van der Waals surface area contributed by atoms with Gasteiger partial charge in [-0.2, -0.15) is 0 Å². The van der Waals surface area contributed by atoms with Gasteiger partial charge in [0.1, 0.15) is 0 Å². The molecule has 1 aliphatic rings. The van der Waals surface area contributed by atoms with Crippen LogP contribution in [0.15, 0.2) is 35.5 Å². The number of carbonyl (C=O) groups is 3. The molecule has 0 unspecified atom stereocenters. The van der Waals surface area contributed by atoms with Crippen molar-refractivity contribution in [2.75, 3.05) is 13.2 Å². The molecule has 1 N–H and O–H groups in total. The van der Waals surface area contributed by atoms with Crippen LogP contribution in [0.3, 0.4) is 0 Å². The van der Waals surface area contributed by atoms with Gasteiger partial charge in [0.05, 0.1) is 18.2 Å². The smallest absolute Gasteiger partial charge is 0.338 e. The first-order chi connectivity index (χ1) is 12.3. The number of urea groups is 1. The molecule has 2 rings (SSSR count). The summed E-state index contributed by atoms with van der Waals surface area (Å²) in [5.74, 6) is -1.72. The maximum absolute atomic E-state index is 12.5. The average molecular weight is 380 g/mol. The minimum atomic E-state index is -1.19. The molecule has 1 aliphatic heterocycles. The predicted octanol–water partition coefficient (Wildman–Crippen LogP) is 1.77. The summed E-state index contributed by atoms with van der Waals surface area (Å²) >= 11 is 5.91. The van der Waals surface area contributed by atoms with Gasteiger partial charge in [-0.3, -0.25) is 4.90 Å². The van der Waals surface area contributed by atoms with Gasteiger partial charge < -0.3 is 20.0 Å². The average Bonchev–Trinajstić information content (AvgIpc) is 2.58. The minimum Gasteiger partial charge on any atom is -0.550 e. The molecule has 1 heterocycles. The molecule has 1 atom stereocenters. The number of benzene rings is 1. The highest BCUT2D eigenvalue weighted by Gasteiger charge is 2.36. The second kappa shape index (κ2) is 8.71. The number of nitrogens with one attached hydrogen (secondary N) is 1. The third-order valence-electron chi connectivity index (χ3n) is 4.06. The molecule has 0 aliphatic carbocycles. The number of nitrogens with zero attached hydrogens (tertiary/aromatic N) is 1. The molecule has 0 radical (unpaired) electrons. The van der Waals surface area contributed by atoms with Crippen LogP contribution in [0.1, 0.15) is 38.3 Å². The Hall–Kier alpha value is -2.54. The van der Waals surface area contributed by atoms with Crippen molar-refractivity contribution >= 4 is 29.6 Å². The Balaban J connectivity index is 2.38. The van der Waals surface area contributed by atoms with Crippen LogP contribution in [0.4, 0.5) is 4.79 Å². The fourth-order valence-corrected chi connectivity index (χ4v) is 2.94. The Kier molecular flexibility index (Phi) is 6.63. The maximum Gasteiger partial charge on any atom is 0.338 e. The van der Waals surface area contributed by atoms with E-state index in [1.807, 2.05) is 0 Å². The van der Waals surface area contributed by atoms with Crippen LogP contribution in [0.5, 0.6) is 0 Å². The number of hydrogen-bond acceptors (Lipinski definition) is 5. The summed E-state index contributed by atoms with van der Waals surface area (Å²) in [6, 6.07) is 5.72. The summed E-state index contributed by atoms with van der Waals surface area (Å²) in [7, 11) is 0. The van der Waals surface area contributed by atoms with Gasteiger partial charge in [-0.1, -0.05) is 23.7 Å². The molecular weight excluding hydrogens is 360 g/mol. The van der Waals surface area contributed by atoms with Crippen LogP contribution in [-0.2, 0) is 14.3 Å². The number of allylic oxidation sites excluding steroid dienone is 1. The molecule has 0 saturated heterocycles. The van der Waals surface area contributed by atoms with Gasteiger partial charge in [-0.05, 0) is 44.4 Å². The Bertz CT molecular complexity index is 730. The monoisotopic (exact) mass is 379 g/mol.